The molecule has 17 heavy (non-hydrogen) atoms. The molecule has 1 fully saturated rings. The molecule has 2 aliphatic rings. The van der Waals surface area contributed by atoms with Gasteiger partial charge in [-0.3, -0.25) is 4.90 Å². The number of piperidine rings is 1. The quantitative estimate of drug-likeness (QED) is 0.775. The van der Waals surface area contributed by atoms with Crippen LogP contribution in [-0.2, 0) is 4.74 Å². The Morgan fingerprint density at radius 2 is 2.29 bits per heavy atom. The number of ether oxygens (including phenoxy) is 1. The second-order valence-electron chi connectivity index (χ2n) is 5.03. The van der Waals surface area contributed by atoms with Crippen LogP contribution >= 0.6 is 0 Å². The van der Waals surface area contributed by atoms with Gasteiger partial charge in [-0.25, -0.2) is 0 Å². The molecule has 0 amide bonds. The van der Waals surface area contributed by atoms with Crippen LogP contribution in [0.15, 0.2) is 23.6 Å². The predicted molar refractivity (Wildman–Crippen MR) is 67.2 cm³/mol. The van der Waals surface area contributed by atoms with E-state index < -0.39 is 0 Å². The highest BCUT2D eigenvalue weighted by molar-refractivity contribution is 5.29. The Kier molecular flexibility index (Phi) is 3.74. The SMILES string of the molecule is C=C(N[C@H]1CCC(O)N(C)C1)C1=C(C)CCO1. The fourth-order valence-corrected chi connectivity index (χ4v) is 2.45. The topological polar surface area (TPSA) is 44.7 Å². The van der Waals surface area contributed by atoms with Gasteiger partial charge in [0.25, 0.3) is 0 Å². The maximum Gasteiger partial charge on any atom is 0.140 e. The van der Waals surface area contributed by atoms with Crippen LogP contribution in [0.25, 0.3) is 0 Å². The van der Waals surface area contributed by atoms with Crippen LogP contribution in [0.5, 0.6) is 0 Å². The number of aliphatic hydroxyl groups excluding tert-OH is 1. The summed E-state index contributed by atoms with van der Waals surface area (Å²) in [6, 6.07) is 0.348. The summed E-state index contributed by atoms with van der Waals surface area (Å²) in [6.45, 7) is 7.75. The molecule has 0 aliphatic carbocycles. The second kappa shape index (κ2) is 5.10. The Labute approximate surface area is 103 Å². The summed E-state index contributed by atoms with van der Waals surface area (Å²) in [6.07, 6.45) is 2.47. The number of likely N-dealkylation sites (N-methyl/N-ethyl adjacent to an activating group) is 1. The van der Waals surface area contributed by atoms with Crippen molar-refractivity contribution in [2.75, 3.05) is 20.2 Å². The largest absolute Gasteiger partial charge is 0.491 e. The van der Waals surface area contributed by atoms with Gasteiger partial charge in [0.05, 0.1) is 12.3 Å². The highest BCUT2D eigenvalue weighted by Gasteiger charge is 2.25. The number of likely N-dealkylation sites (tertiary alicyclic amines) is 1. The van der Waals surface area contributed by atoms with Gasteiger partial charge in [-0.05, 0) is 32.4 Å². The van der Waals surface area contributed by atoms with Crippen molar-refractivity contribution in [3.05, 3.63) is 23.6 Å². The first-order valence-electron chi connectivity index (χ1n) is 6.24. The third kappa shape index (κ3) is 2.82. The van der Waals surface area contributed by atoms with Gasteiger partial charge in [-0.1, -0.05) is 6.58 Å². The number of hydrogen-bond donors (Lipinski definition) is 2. The molecular formula is C13H22N2O2. The lowest BCUT2D eigenvalue weighted by atomic mass is 10.0. The zero-order valence-corrected chi connectivity index (χ0v) is 10.7. The molecule has 4 heteroatoms. The van der Waals surface area contributed by atoms with E-state index >= 15 is 0 Å². The molecule has 0 radical (unpaired) electrons. The fourth-order valence-electron chi connectivity index (χ4n) is 2.45. The average molecular weight is 238 g/mol. The number of nitrogens with one attached hydrogen (secondary N) is 1. The van der Waals surface area contributed by atoms with Crippen LogP contribution in [-0.4, -0.2) is 42.5 Å². The predicted octanol–water partition coefficient (Wildman–Crippen LogP) is 1.20. The molecular weight excluding hydrogens is 216 g/mol. The van der Waals surface area contributed by atoms with Crippen molar-refractivity contribution in [2.45, 2.75) is 38.5 Å². The van der Waals surface area contributed by atoms with E-state index in [1.807, 2.05) is 11.9 Å². The molecule has 1 unspecified atom stereocenters. The normalized spacial score (nSPS) is 30.3. The summed E-state index contributed by atoms with van der Waals surface area (Å²) in [4.78, 5) is 1.96. The van der Waals surface area contributed by atoms with E-state index in [4.69, 9.17) is 4.74 Å². The average Bonchev–Trinajstić information content (AvgIpc) is 2.70. The molecule has 2 aliphatic heterocycles. The number of rotatable bonds is 3. The summed E-state index contributed by atoms with van der Waals surface area (Å²) in [5, 5.41) is 13.0. The highest BCUT2D eigenvalue weighted by Crippen LogP contribution is 2.24. The van der Waals surface area contributed by atoms with E-state index in [-0.39, 0.29) is 6.23 Å². The molecule has 0 aromatic rings. The van der Waals surface area contributed by atoms with Crippen molar-refractivity contribution in [1.82, 2.24) is 10.2 Å². The number of hydrogen-bond acceptors (Lipinski definition) is 4. The van der Waals surface area contributed by atoms with Crippen LogP contribution in [0.2, 0.25) is 0 Å². The number of nitrogens with zero attached hydrogens (tertiary/aromatic N) is 1. The Balaban J connectivity index is 1.89. The standard InChI is InChI=1S/C13H22N2O2/c1-9-6-7-17-13(9)10(2)14-11-4-5-12(16)15(3)8-11/h11-12,14,16H,2,4-8H2,1,3H3/t11-,12?/m0/s1. The molecule has 4 nitrogen and oxygen atoms in total. The lowest BCUT2D eigenvalue weighted by molar-refractivity contribution is -0.0153. The first-order valence-corrected chi connectivity index (χ1v) is 6.24. The van der Waals surface area contributed by atoms with Gasteiger partial charge in [0.1, 0.15) is 12.0 Å². The third-order valence-corrected chi connectivity index (χ3v) is 3.55. The zero-order chi connectivity index (χ0) is 12.4. The van der Waals surface area contributed by atoms with E-state index in [2.05, 4.69) is 18.8 Å². The minimum atomic E-state index is -0.301. The molecule has 0 aromatic heterocycles. The smallest absolute Gasteiger partial charge is 0.140 e. The zero-order valence-electron chi connectivity index (χ0n) is 10.7. The molecule has 0 spiro atoms. The van der Waals surface area contributed by atoms with Gasteiger partial charge in [0, 0.05) is 19.0 Å². The van der Waals surface area contributed by atoms with E-state index in [1.54, 1.807) is 0 Å². The summed E-state index contributed by atoms with van der Waals surface area (Å²) >= 11 is 0. The lowest BCUT2D eigenvalue weighted by Crippen LogP contribution is -2.48. The van der Waals surface area contributed by atoms with Gasteiger partial charge >= 0.3 is 0 Å². The van der Waals surface area contributed by atoms with Gasteiger partial charge in [0.15, 0.2) is 0 Å². The maximum absolute atomic E-state index is 9.62. The molecule has 1 saturated heterocycles. The third-order valence-electron chi connectivity index (χ3n) is 3.55. The first-order chi connectivity index (χ1) is 8.08. The summed E-state index contributed by atoms with van der Waals surface area (Å²) in [7, 11) is 1.94. The lowest BCUT2D eigenvalue weighted by Gasteiger charge is -2.35. The first kappa shape index (κ1) is 12.5. The molecule has 2 rings (SSSR count). The molecule has 0 aromatic carbocycles. The molecule has 96 valence electrons. The van der Waals surface area contributed by atoms with Crippen molar-refractivity contribution in [1.29, 1.82) is 0 Å². The molecule has 2 heterocycles. The van der Waals surface area contributed by atoms with E-state index in [9.17, 15) is 5.11 Å². The summed E-state index contributed by atoms with van der Waals surface area (Å²) in [5.74, 6) is 0.929. The van der Waals surface area contributed by atoms with Gasteiger partial charge < -0.3 is 15.2 Å². The molecule has 0 bridgehead atoms. The second-order valence-corrected chi connectivity index (χ2v) is 5.03. The van der Waals surface area contributed by atoms with Crippen molar-refractivity contribution in [2.24, 2.45) is 0 Å². The highest BCUT2D eigenvalue weighted by atomic mass is 16.5. The maximum atomic E-state index is 9.62. The monoisotopic (exact) mass is 238 g/mol. The molecule has 0 saturated carbocycles. The van der Waals surface area contributed by atoms with E-state index in [1.165, 1.54) is 5.57 Å². The van der Waals surface area contributed by atoms with Crippen molar-refractivity contribution in [3.8, 4) is 0 Å². The van der Waals surface area contributed by atoms with Crippen LogP contribution in [0.1, 0.15) is 26.2 Å². The Morgan fingerprint density at radius 1 is 1.53 bits per heavy atom. The molecule has 2 atom stereocenters. The van der Waals surface area contributed by atoms with Crippen LogP contribution in [0.3, 0.4) is 0 Å². The van der Waals surface area contributed by atoms with Gasteiger partial charge in [0.2, 0.25) is 0 Å². The van der Waals surface area contributed by atoms with Crippen molar-refractivity contribution < 1.29 is 9.84 Å². The Morgan fingerprint density at radius 3 is 2.88 bits per heavy atom. The fraction of sp³-hybridized carbons (Fsp3) is 0.692. The summed E-state index contributed by atoms with van der Waals surface area (Å²) in [5.41, 5.74) is 2.15. The van der Waals surface area contributed by atoms with Crippen LogP contribution in [0, 0.1) is 0 Å². The number of aliphatic hydroxyl groups is 1. The van der Waals surface area contributed by atoms with Crippen molar-refractivity contribution in [3.63, 3.8) is 0 Å². The van der Waals surface area contributed by atoms with E-state index in [0.29, 0.717) is 6.04 Å². The Bertz CT molecular complexity index is 338. The van der Waals surface area contributed by atoms with Gasteiger partial charge in [-0.2, -0.15) is 0 Å². The Hall–Kier alpha value is -1.00. The van der Waals surface area contributed by atoms with Gasteiger partial charge in [-0.15, -0.1) is 0 Å². The van der Waals surface area contributed by atoms with E-state index in [0.717, 1.165) is 43.9 Å². The minimum absolute atomic E-state index is 0.301. The van der Waals surface area contributed by atoms with Crippen LogP contribution < -0.4 is 5.32 Å². The summed E-state index contributed by atoms with van der Waals surface area (Å²) < 4.78 is 5.57. The van der Waals surface area contributed by atoms with Crippen LogP contribution in [0.4, 0.5) is 0 Å². The van der Waals surface area contributed by atoms with Crippen molar-refractivity contribution >= 4 is 0 Å². The molecule has 2 N–H and O–H groups in total. The minimum Gasteiger partial charge on any atom is -0.491 e.